The first-order valence-corrected chi connectivity index (χ1v) is 13.8. The molecular formula is C26H33N3O5S. The van der Waals surface area contributed by atoms with Gasteiger partial charge in [0, 0.05) is 48.8 Å². The Bertz CT molecular complexity index is 1240. The lowest BCUT2D eigenvalue weighted by Crippen LogP contribution is -2.51. The molecule has 0 radical (unpaired) electrons. The molecule has 9 heteroatoms. The van der Waals surface area contributed by atoms with Gasteiger partial charge in [0.2, 0.25) is 10.0 Å². The van der Waals surface area contributed by atoms with Gasteiger partial charge in [0.25, 0.3) is 5.91 Å². The molecule has 1 saturated heterocycles. The summed E-state index contributed by atoms with van der Waals surface area (Å²) < 4.78 is 37.6. The maximum Gasteiger partial charge on any atom is 0.253 e. The number of hydrogen-bond acceptors (Lipinski definition) is 6. The topological polar surface area (TPSA) is 88.2 Å². The predicted molar refractivity (Wildman–Crippen MR) is 135 cm³/mol. The average molecular weight is 500 g/mol. The van der Waals surface area contributed by atoms with E-state index in [0.717, 1.165) is 28.3 Å². The van der Waals surface area contributed by atoms with Gasteiger partial charge in [-0.1, -0.05) is 19.9 Å². The number of nitrogens with zero attached hydrogens (tertiary/aromatic N) is 2. The van der Waals surface area contributed by atoms with Crippen LogP contribution >= 0.6 is 0 Å². The van der Waals surface area contributed by atoms with Gasteiger partial charge in [-0.05, 0) is 42.8 Å². The number of nitrogens with one attached hydrogen (secondary N) is 1. The van der Waals surface area contributed by atoms with Gasteiger partial charge in [0.15, 0.2) is 0 Å². The fraction of sp³-hybridized carbons (Fsp3) is 0.500. The van der Waals surface area contributed by atoms with E-state index in [9.17, 15) is 13.2 Å². The Morgan fingerprint density at radius 2 is 1.91 bits per heavy atom. The summed E-state index contributed by atoms with van der Waals surface area (Å²) in [7, 11) is -1.56. The van der Waals surface area contributed by atoms with E-state index in [1.165, 1.54) is 4.31 Å². The molecule has 2 aromatic carbocycles. The molecule has 1 N–H and O–H groups in total. The Morgan fingerprint density at radius 3 is 2.60 bits per heavy atom. The van der Waals surface area contributed by atoms with Crippen LogP contribution in [0.15, 0.2) is 36.4 Å². The average Bonchev–Trinajstić information content (AvgIpc) is 2.87. The van der Waals surface area contributed by atoms with Crippen molar-refractivity contribution >= 4 is 21.6 Å². The maximum atomic E-state index is 13.3. The molecule has 35 heavy (non-hydrogen) atoms. The fourth-order valence-electron chi connectivity index (χ4n) is 5.65. The first kappa shape index (κ1) is 23.9. The molecule has 5 rings (SSSR count). The van der Waals surface area contributed by atoms with Gasteiger partial charge >= 0.3 is 0 Å². The molecule has 0 spiro atoms. The second-order valence-corrected chi connectivity index (χ2v) is 12.2. The van der Waals surface area contributed by atoms with Crippen LogP contribution < -0.4 is 14.8 Å². The van der Waals surface area contributed by atoms with Gasteiger partial charge < -0.3 is 19.7 Å². The molecule has 0 saturated carbocycles. The Labute approximate surface area is 207 Å². The highest BCUT2D eigenvalue weighted by molar-refractivity contribution is 7.89. The minimum Gasteiger partial charge on any atom is -0.496 e. The third-order valence-corrected chi connectivity index (χ3v) is 9.74. The molecule has 3 heterocycles. The SMILES string of the molecule is CCS(=O)(=O)N1CCN(C(=O)c2ccc3c(c2)C(C)(C)[C@@H]2COc4cccc(OC)c4[C@H]2N3)CC1. The van der Waals surface area contributed by atoms with E-state index < -0.39 is 10.0 Å². The minimum absolute atomic E-state index is 0.0348. The zero-order chi connectivity index (χ0) is 25.0. The van der Waals surface area contributed by atoms with Gasteiger partial charge in [-0.25, -0.2) is 8.42 Å². The van der Waals surface area contributed by atoms with Crippen LogP contribution in [0.4, 0.5) is 5.69 Å². The number of methoxy groups -OCH3 is 1. The first-order valence-electron chi connectivity index (χ1n) is 12.1. The summed E-state index contributed by atoms with van der Waals surface area (Å²) >= 11 is 0. The van der Waals surface area contributed by atoms with Crippen molar-refractivity contribution in [1.82, 2.24) is 9.21 Å². The van der Waals surface area contributed by atoms with E-state index in [4.69, 9.17) is 9.47 Å². The van der Waals surface area contributed by atoms with E-state index in [-0.39, 0.29) is 29.0 Å². The van der Waals surface area contributed by atoms with Gasteiger partial charge in [-0.15, -0.1) is 0 Å². The lowest BCUT2D eigenvalue weighted by molar-refractivity contribution is 0.0697. The monoisotopic (exact) mass is 499 g/mol. The van der Waals surface area contributed by atoms with E-state index in [2.05, 4.69) is 19.2 Å². The summed E-state index contributed by atoms with van der Waals surface area (Å²) in [5.74, 6) is 1.81. The number of fused-ring (bicyclic) bond motifs is 4. The molecule has 3 aliphatic rings. The van der Waals surface area contributed by atoms with Crippen molar-refractivity contribution in [2.45, 2.75) is 32.2 Å². The number of carbonyl (C=O) groups excluding carboxylic acids is 1. The number of ether oxygens (including phenoxy) is 2. The Kier molecular flexibility index (Phi) is 5.96. The van der Waals surface area contributed by atoms with Crippen molar-refractivity contribution in [2.24, 2.45) is 5.92 Å². The zero-order valence-corrected chi connectivity index (χ0v) is 21.5. The van der Waals surface area contributed by atoms with Gasteiger partial charge in [-0.2, -0.15) is 4.31 Å². The van der Waals surface area contributed by atoms with Gasteiger partial charge in [0.1, 0.15) is 11.5 Å². The van der Waals surface area contributed by atoms with Crippen LogP contribution in [-0.4, -0.2) is 69.2 Å². The summed E-state index contributed by atoms with van der Waals surface area (Å²) in [4.78, 5) is 15.1. The van der Waals surface area contributed by atoms with Gasteiger partial charge in [0.05, 0.1) is 31.1 Å². The third-order valence-electron chi connectivity index (χ3n) is 7.86. The largest absolute Gasteiger partial charge is 0.496 e. The molecule has 0 bridgehead atoms. The van der Waals surface area contributed by atoms with E-state index >= 15 is 0 Å². The van der Waals surface area contributed by atoms with Crippen molar-refractivity contribution in [3.8, 4) is 11.5 Å². The van der Waals surface area contributed by atoms with Crippen LogP contribution in [-0.2, 0) is 15.4 Å². The van der Waals surface area contributed by atoms with Crippen molar-refractivity contribution in [2.75, 3.05) is 51.0 Å². The van der Waals surface area contributed by atoms with Crippen LogP contribution in [0.1, 0.15) is 48.3 Å². The Hall–Kier alpha value is -2.78. The number of amides is 1. The summed E-state index contributed by atoms with van der Waals surface area (Å²) in [6, 6.07) is 11.8. The lowest BCUT2D eigenvalue weighted by Gasteiger charge is -2.48. The van der Waals surface area contributed by atoms with Crippen molar-refractivity contribution < 1.29 is 22.7 Å². The van der Waals surface area contributed by atoms with Crippen LogP contribution in [0.3, 0.4) is 0 Å². The highest BCUT2D eigenvalue weighted by Gasteiger charge is 2.47. The minimum atomic E-state index is -3.23. The number of rotatable bonds is 4. The molecule has 0 aromatic heterocycles. The lowest BCUT2D eigenvalue weighted by atomic mass is 9.65. The molecule has 1 fully saturated rings. The number of anilines is 1. The van der Waals surface area contributed by atoms with Crippen molar-refractivity contribution in [3.05, 3.63) is 53.1 Å². The van der Waals surface area contributed by atoms with E-state index in [0.29, 0.717) is 38.3 Å². The van der Waals surface area contributed by atoms with Crippen LogP contribution in [0.5, 0.6) is 11.5 Å². The molecule has 0 aliphatic carbocycles. The standard InChI is InChI=1S/C26H33N3O5S/c1-5-35(31,32)29-13-11-28(12-14-29)25(30)17-9-10-20-18(15-17)26(2,3)19-16-34-22-8-6-7-21(33-4)23(22)24(19)27-20/h6-10,15,19,24,27H,5,11-14,16H2,1-4H3/t19-,24+/m1/s1. The molecule has 0 unspecified atom stereocenters. The van der Waals surface area contributed by atoms with E-state index in [1.807, 2.05) is 36.4 Å². The van der Waals surface area contributed by atoms with Crippen molar-refractivity contribution in [3.63, 3.8) is 0 Å². The second kappa shape index (κ2) is 8.71. The summed E-state index contributed by atoms with van der Waals surface area (Å²) in [5, 5.41) is 3.70. The number of carbonyl (C=O) groups is 1. The Balaban J connectivity index is 1.42. The van der Waals surface area contributed by atoms with Crippen LogP contribution in [0, 0.1) is 5.92 Å². The highest BCUT2D eigenvalue weighted by Crippen LogP contribution is 2.54. The van der Waals surface area contributed by atoms with E-state index in [1.54, 1.807) is 18.9 Å². The number of piperazine rings is 1. The predicted octanol–water partition coefficient (Wildman–Crippen LogP) is 3.26. The zero-order valence-electron chi connectivity index (χ0n) is 20.7. The highest BCUT2D eigenvalue weighted by atomic mass is 32.2. The molecule has 3 aliphatic heterocycles. The quantitative estimate of drug-likeness (QED) is 0.695. The molecule has 8 nitrogen and oxygen atoms in total. The van der Waals surface area contributed by atoms with Gasteiger partial charge in [-0.3, -0.25) is 4.79 Å². The Morgan fingerprint density at radius 1 is 1.17 bits per heavy atom. The van der Waals surface area contributed by atoms with Crippen LogP contribution in [0.25, 0.3) is 0 Å². The third kappa shape index (κ3) is 3.94. The summed E-state index contributed by atoms with van der Waals surface area (Å²) in [6.07, 6.45) is 0. The van der Waals surface area contributed by atoms with Crippen molar-refractivity contribution in [1.29, 1.82) is 0 Å². The number of sulfonamides is 1. The summed E-state index contributed by atoms with van der Waals surface area (Å²) in [6.45, 7) is 8.08. The molecule has 2 aromatic rings. The molecule has 1 amide bonds. The van der Waals surface area contributed by atoms with Crippen LogP contribution in [0.2, 0.25) is 0 Å². The molecular weight excluding hydrogens is 466 g/mol. The number of benzene rings is 2. The molecule has 188 valence electrons. The summed E-state index contributed by atoms with van der Waals surface area (Å²) in [5.41, 5.74) is 3.49. The first-order chi connectivity index (χ1) is 16.7. The smallest absolute Gasteiger partial charge is 0.253 e. The number of hydrogen-bond donors (Lipinski definition) is 1. The maximum absolute atomic E-state index is 13.3. The fourth-order valence-corrected chi connectivity index (χ4v) is 6.73. The second-order valence-electron chi connectivity index (χ2n) is 9.99. The normalized spacial score (nSPS) is 23.3. The molecule has 2 atom stereocenters.